The van der Waals surface area contributed by atoms with Gasteiger partial charge in [-0.3, -0.25) is 14.4 Å². The number of likely N-dealkylation sites (tertiary alicyclic amines) is 1. The average Bonchev–Trinajstić information content (AvgIpc) is 3.32. The predicted molar refractivity (Wildman–Crippen MR) is 111 cm³/mol. The van der Waals surface area contributed by atoms with Gasteiger partial charge in [0, 0.05) is 6.54 Å². The highest BCUT2D eigenvalue weighted by atomic mass is 16.2. The monoisotopic (exact) mass is 400 g/mol. The van der Waals surface area contributed by atoms with Gasteiger partial charge in [0.25, 0.3) is 0 Å². The van der Waals surface area contributed by atoms with Crippen molar-refractivity contribution in [1.82, 2.24) is 15.5 Å². The quantitative estimate of drug-likeness (QED) is 0.669. The van der Waals surface area contributed by atoms with Gasteiger partial charge in [0.05, 0.1) is 12.1 Å². The summed E-state index contributed by atoms with van der Waals surface area (Å²) in [6.45, 7) is 5.87. The smallest absolute Gasteiger partial charge is 0.246 e. The van der Waals surface area contributed by atoms with E-state index >= 15 is 0 Å². The molecule has 0 bridgehead atoms. The van der Waals surface area contributed by atoms with Crippen LogP contribution < -0.4 is 16.4 Å². The third kappa shape index (κ3) is 4.61. The summed E-state index contributed by atoms with van der Waals surface area (Å²) in [5, 5.41) is 5.90. The molecule has 7 nitrogen and oxygen atoms in total. The molecule has 1 aliphatic carbocycles. The summed E-state index contributed by atoms with van der Waals surface area (Å²) in [5.74, 6) is -0.784. The van der Waals surface area contributed by atoms with E-state index in [4.69, 9.17) is 5.73 Å². The van der Waals surface area contributed by atoms with Crippen molar-refractivity contribution in [3.8, 4) is 0 Å². The van der Waals surface area contributed by atoms with Crippen LogP contribution in [-0.2, 0) is 20.8 Å². The summed E-state index contributed by atoms with van der Waals surface area (Å²) in [5.41, 5.74) is 8.08. The summed E-state index contributed by atoms with van der Waals surface area (Å²) in [6, 6.07) is 6.29. The van der Waals surface area contributed by atoms with Crippen molar-refractivity contribution in [3.05, 3.63) is 35.4 Å². The Kier molecular flexibility index (Phi) is 6.57. The van der Waals surface area contributed by atoms with Crippen LogP contribution in [0.3, 0.4) is 0 Å². The second kappa shape index (κ2) is 8.95. The fourth-order valence-electron chi connectivity index (χ4n) is 4.25. The van der Waals surface area contributed by atoms with E-state index in [0.29, 0.717) is 13.0 Å². The zero-order valence-electron chi connectivity index (χ0n) is 17.5. The topological polar surface area (TPSA) is 105 Å². The van der Waals surface area contributed by atoms with E-state index in [2.05, 4.69) is 22.8 Å². The molecule has 7 heteroatoms. The summed E-state index contributed by atoms with van der Waals surface area (Å²) < 4.78 is 0. The minimum atomic E-state index is -0.691. The Bertz CT molecular complexity index is 777. The lowest BCUT2D eigenvalue weighted by Crippen LogP contribution is -2.57. The summed E-state index contributed by atoms with van der Waals surface area (Å²) in [7, 11) is 0. The maximum Gasteiger partial charge on any atom is 0.246 e. The number of fused-ring (bicyclic) bond motifs is 1. The van der Waals surface area contributed by atoms with Crippen LogP contribution >= 0.6 is 0 Å². The van der Waals surface area contributed by atoms with E-state index < -0.39 is 18.1 Å². The van der Waals surface area contributed by atoms with Gasteiger partial charge in [-0.05, 0) is 49.7 Å². The van der Waals surface area contributed by atoms with E-state index in [0.717, 1.165) is 19.3 Å². The maximum atomic E-state index is 13.2. The molecule has 4 atom stereocenters. The fourth-order valence-corrected chi connectivity index (χ4v) is 4.25. The van der Waals surface area contributed by atoms with Gasteiger partial charge in [-0.15, -0.1) is 0 Å². The number of carbonyl (C=O) groups is 3. The molecule has 1 aromatic rings. The Labute approximate surface area is 172 Å². The molecule has 1 aromatic carbocycles. The van der Waals surface area contributed by atoms with Crippen LogP contribution in [-0.4, -0.2) is 47.3 Å². The van der Waals surface area contributed by atoms with Gasteiger partial charge < -0.3 is 21.3 Å². The van der Waals surface area contributed by atoms with Gasteiger partial charge in [0.1, 0.15) is 12.1 Å². The van der Waals surface area contributed by atoms with Crippen molar-refractivity contribution < 1.29 is 14.4 Å². The summed E-state index contributed by atoms with van der Waals surface area (Å²) in [6.07, 6.45) is 3.24. The van der Waals surface area contributed by atoms with E-state index in [1.165, 1.54) is 11.1 Å². The van der Waals surface area contributed by atoms with Crippen LogP contribution in [0.15, 0.2) is 24.3 Å². The minimum absolute atomic E-state index is 0.00468. The Hall–Kier alpha value is -2.41. The zero-order valence-corrected chi connectivity index (χ0v) is 17.5. The van der Waals surface area contributed by atoms with Gasteiger partial charge in [0.2, 0.25) is 17.7 Å². The van der Waals surface area contributed by atoms with E-state index in [1.807, 2.05) is 26.0 Å². The van der Waals surface area contributed by atoms with Crippen molar-refractivity contribution in [2.75, 3.05) is 6.54 Å². The molecule has 4 N–H and O–H groups in total. The molecular formula is C22H32N4O3. The molecule has 0 spiro atoms. The Morgan fingerprint density at radius 1 is 1.14 bits per heavy atom. The summed E-state index contributed by atoms with van der Waals surface area (Å²) >= 11 is 0. The van der Waals surface area contributed by atoms with E-state index in [1.54, 1.807) is 11.8 Å². The Morgan fingerprint density at radius 3 is 2.55 bits per heavy atom. The first-order valence-corrected chi connectivity index (χ1v) is 10.5. The van der Waals surface area contributed by atoms with Crippen molar-refractivity contribution >= 4 is 17.7 Å². The number of nitrogens with zero attached hydrogens (tertiary/aromatic N) is 1. The molecule has 1 saturated heterocycles. The second-order valence-corrected chi connectivity index (χ2v) is 8.51. The number of nitrogens with two attached hydrogens (primary N) is 1. The number of carbonyl (C=O) groups excluding carboxylic acids is 3. The normalized spacial score (nSPS) is 22.9. The number of benzene rings is 1. The highest BCUT2D eigenvalue weighted by molar-refractivity contribution is 5.93. The van der Waals surface area contributed by atoms with E-state index in [9.17, 15) is 14.4 Å². The minimum Gasteiger partial charge on any atom is -0.347 e. The van der Waals surface area contributed by atoms with Gasteiger partial charge in [-0.25, -0.2) is 0 Å². The molecule has 158 valence electrons. The lowest BCUT2D eigenvalue weighted by atomic mass is 10.0. The molecule has 0 radical (unpaired) electrons. The number of rotatable bonds is 6. The Balaban J connectivity index is 1.69. The van der Waals surface area contributed by atoms with Crippen molar-refractivity contribution in [2.45, 2.75) is 70.6 Å². The van der Waals surface area contributed by atoms with Crippen molar-refractivity contribution in [1.29, 1.82) is 0 Å². The second-order valence-electron chi connectivity index (χ2n) is 8.51. The Morgan fingerprint density at radius 2 is 1.86 bits per heavy atom. The van der Waals surface area contributed by atoms with Crippen LogP contribution in [0, 0.1) is 5.92 Å². The third-order valence-corrected chi connectivity index (χ3v) is 5.93. The van der Waals surface area contributed by atoms with Gasteiger partial charge >= 0.3 is 0 Å². The van der Waals surface area contributed by atoms with Gasteiger partial charge in [0.15, 0.2) is 0 Å². The lowest BCUT2D eigenvalue weighted by Gasteiger charge is -2.31. The summed E-state index contributed by atoms with van der Waals surface area (Å²) in [4.78, 5) is 39.9. The molecule has 29 heavy (non-hydrogen) atoms. The van der Waals surface area contributed by atoms with Crippen LogP contribution in [0.1, 0.15) is 57.2 Å². The molecule has 1 heterocycles. The van der Waals surface area contributed by atoms with Crippen molar-refractivity contribution in [2.24, 2.45) is 11.7 Å². The maximum absolute atomic E-state index is 13.2. The number of hydrogen-bond donors (Lipinski definition) is 3. The first-order valence-electron chi connectivity index (χ1n) is 10.5. The van der Waals surface area contributed by atoms with Crippen LogP contribution in [0.4, 0.5) is 0 Å². The molecule has 0 unspecified atom stereocenters. The van der Waals surface area contributed by atoms with Crippen LogP contribution in [0.2, 0.25) is 0 Å². The molecule has 0 aromatic heterocycles. The molecule has 2 aliphatic rings. The predicted octanol–water partition coefficient (Wildman–Crippen LogP) is 1.27. The number of nitrogens with one attached hydrogen (secondary N) is 2. The first kappa shape index (κ1) is 21.3. The van der Waals surface area contributed by atoms with Crippen LogP contribution in [0.25, 0.3) is 0 Å². The first-order chi connectivity index (χ1) is 13.8. The number of hydrogen-bond acceptors (Lipinski definition) is 4. The third-order valence-electron chi connectivity index (χ3n) is 5.93. The van der Waals surface area contributed by atoms with E-state index in [-0.39, 0.29) is 29.7 Å². The molecule has 0 saturated carbocycles. The fraction of sp³-hybridized carbons (Fsp3) is 0.591. The number of amides is 3. The SMILES string of the molecule is CC(C)[C@H](NC(=O)[C@H](C)N)C(=O)N1CCC[C@H]1C(=O)N[C@@H]1CCc2ccccc21. The molecule has 1 aliphatic heterocycles. The number of aryl methyl sites for hydroxylation is 1. The van der Waals surface area contributed by atoms with Gasteiger partial charge in [-0.2, -0.15) is 0 Å². The largest absolute Gasteiger partial charge is 0.347 e. The highest BCUT2D eigenvalue weighted by Crippen LogP contribution is 2.31. The molecule has 3 rings (SSSR count). The van der Waals surface area contributed by atoms with Crippen LogP contribution in [0.5, 0.6) is 0 Å². The average molecular weight is 401 g/mol. The zero-order chi connectivity index (χ0) is 21.1. The molecule has 3 amide bonds. The molecule has 1 fully saturated rings. The lowest BCUT2D eigenvalue weighted by molar-refractivity contribution is -0.142. The van der Waals surface area contributed by atoms with Crippen molar-refractivity contribution in [3.63, 3.8) is 0 Å². The van der Waals surface area contributed by atoms with Gasteiger partial charge in [-0.1, -0.05) is 38.1 Å². The molecular weight excluding hydrogens is 368 g/mol. The highest BCUT2D eigenvalue weighted by Gasteiger charge is 2.39. The standard InChI is InChI=1S/C22H32N4O3/c1-13(2)19(25-20(27)14(3)23)22(29)26-12-6-9-18(26)21(28)24-17-11-10-15-7-4-5-8-16(15)17/h4-5,7-8,13-14,17-19H,6,9-12,23H2,1-3H3,(H,24,28)(H,25,27)/t14-,17+,18-,19-/m0/s1.